The van der Waals surface area contributed by atoms with E-state index in [1.807, 2.05) is 6.92 Å². The van der Waals surface area contributed by atoms with Gasteiger partial charge in [0.15, 0.2) is 5.69 Å². The molecule has 0 bridgehead atoms. The minimum atomic E-state index is -0.786. The van der Waals surface area contributed by atoms with Gasteiger partial charge in [-0.05, 0) is 19.1 Å². The molecule has 10 heteroatoms. The molecular formula is C14H13ClFN5O2S. The topological polar surface area (TPSA) is 81.4 Å². The minimum absolute atomic E-state index is 0.279. The maximum absolute atomic E-state index is 14.3. The lowest BCUT2D eigenvalue weighted by atomic mass is 10.4. The van der Waals surface area contributed by atoms with Crippen molar-refractivity contribution >= 4 is 39.6 Å². The number of rotatable bonds is 6. The van der Waals surface area contributed by atoms with Gasteiger partial charge in [-0.3, -0.25) is 14.5 Å². The molecule has 1 amide bonds. The predicted molar refractivity (Wildman–Crippen MR) is 88.2 cm³/mol. The van der Waals surface area contributed by atoms with Crippen LogP contribution in [-0.4, -0.2) is 38.7 Å². The Bertz CT molecular complexity index is 881. The molecule has 7 nitrogen and oxygen atoms in total. The molecule has 0 radical (unpaired) electrons. The van der Waals surface area contributed by atoms with Crippen LogP contribution < -0.4 is 5.32 Å². The van der Waals surface area contributed by atoms with Gasteiger partial charge in [0, 0.05) is 19.2 Å². The first-order valence-electron chi connectivity index (χ1n) is 7.13. The quantitative estimate of drug-likeness (QED) is 0.676. The summed E-state index contributed by atoms with van der Waals surface area (Å²) in [6.45, 7) is 3.06. The van der Waals surface area contributed by atoms with E-state index in [4.69, 9.17) is 16.3 Å². The van der Waals surface area contributed by atoms with Gasteiger partial charge in [-0.2, -0.15) is 4.39 Å². The van der Waals surface area contributed by atoms with E-state index in [1.165, 1.54) is 23.6 Å². The average molecular weight is 370 g/mol. The van der Waals surface area contributed by atoms with Crippen LogP contribution >= 0.6 is 22.9 Å². The van der Waals surface area contributed by atoms with Gasteiger partial charge in [0.2, 0.25) is 11.1 Å². The third-order valence-electron chi connectivity index (χ3n) is 3.09. The van der Waals surface area contributed by atoms with Crippen LogP contribution in [0.25, 0.3) is 5.65 Å². The average Bonchev–Trinajstić information content (AvgIpc) is 3.13. The number of amides is 1. The molecule has 1 N–H and O–H groups in total. The van der Waals surface area contributed by atoms with Crippen LogP contribution in [0.2, 0.25) is 5.02 Å². The summed E-state index contributed by atoms with van der Waals surface area (Å²) in [4.78, 5) is 16.2. The van der Waals surface area contributed by atoms with Crippen molar-refractivity contribution in [1.82, 2.24) is 19.6 Å². The Balaban J connectivity index is 1.74. The summed E-state index contributed by atoms with van der Waals surface area (Å²) >= 11 is 7.03. The van der Waals surface area contributed by atoms with Crippen molar-refractivity contribution in [1.29, 1.82) is 0 Å². The summed E-state index contributed by atoms with van der Waals surface area (Å²) in [7, 11) is 0. The van der Waals surface area contributed by atoms with Gasteiger partial charge in [0.25, 0.3) is 5.91 Å². The summed E-state index contributed by atoms with van der Waals surface area (Å²) in [6, 6.07) is 3.10. The predicted octanol–water partition coefficient (Wildman–Crippen LogP) is 2.81. The summed E-state index contributed by atoms with van der Waals surface area (Å²) in [6.07, 6.45) is 1.95. The Morgan fingerprint density at radius 3 is 3.08 bits per heavy atom. The first kappa shape index (κ1) is 16.7. The molecule has 0 saturated carbocycles. The summed E-state index contributed by atoms with van der Waals surface area (Å²) in [5.41, 5.74) is -0.0416. The molecule has 0 aliphatic rings. The fourth-order valence-corrected chi connectivity index (χ4v) is 2.88. The number of fused-ring (bicyclic) bond motifs is 1. The van der Waals surface area contributed by atoms with Crippen LogP contribution in [0.15, 0.2) is 18.3 Å². The van der Waals surface area contributed by atoms with Crippen molar-refractivity contribution in [3.05, 3.63) is 40.0 Å². The van der Waals surface area contributed by atoms with E-state index in [-0.39, 0.29) is 16.5 Å². The van der Waals surface area contributed by atoms with Crippen molar-refractivity contribution in [2.24, 2.45) is 0 Å². The smallest absolute Gasteiger partial charge is 0.280 e. The zero-order chi connectivity index (χ0) is 17.1. The molecule has 3 rings (SSSR count). The Kier molecular flexibility index (Phi) is 5.03. The first-order chi connectivity index (χ1) is 11.6. The Morgan fingerprint density at radius 1 is 1.46 bits per heavy atom. The van der Waals surface area contributed by atoms with Crippen LogP contribution in [0.1, 0.15) is 22.4 Å². The largest absolute Gasteiger partial charge is 0.381 e. The lowest BCUT2D eigenvalue weighted by Crippen LogP contribution is -2.14. The number of anilines is 1. The minimum Gasteiger partial charge on any atom is -0.381 e. The Labute approximate surface area is 145 Å². The van der Waals surface area contributed by atoms with Crippen molar-refractivity contribution in [2.75, 3.05) is 18.5 Å². The van der Waals surface area contributed by atoms with E-state index in [9.17, 15) is 9.18 Å². The molecular weight excluding hydrogens is 357 g/mol. The molecule has 3 aromatic rings. The van der Waals surface area contributed by atoms with E-state index in [2.05, 4.69) is 20.5 Å². The number of carbonyl (C=O) groups is 1. The summed E-state index contributed by atoms with van der Waals surface area (Å²) in [5.74, 6) is -1.48. The maximum atomic E-state index is 14.3. The van der Waals surface area contributed by atoms with E-state index >= 15 is 0 Å². The van der Waals surface area contributed by atoms with E-state index in [1.54, 1.807) is 6.07 Å². The van der Waals surface area contributed by atoms with Gasteiger partial charge < -0.3 is 4.74 Å². The number of aromatic nitrogens is 4. The normalized spacial score (nSPS) is 11.1. The number of ether oxygens (including phenoxy) is 1. The number of imidazole rings is 1. The fourth-order valence-electron chi connectivity index (χ4n) is 2.00. The molecule has 3 aromatic heterocycles. The zero-order valence-corrected chi connectivity index (χ0v) is 14.2. The van der Waals surface area contributed by atoms with Gasteiger partial charge in [-0.15, -0.1) is 10.2 Å². The number of hydrogen-bond acceptors (Lipinski definition) is 6. The molecule has 0 unspecified atom stereocenters. The van der Waals surface area contributed by atoms with E-state index < -0.39 is 11.9 Å². The fraction of sp³-hybridized carbons (Fsp3) is 0.286. The molecule has 0 spiro atoms. The Hall–Kier alpha value is -2.10. The molecule has 0 fully saturated rings. The lowest BCUT2D eigenvalue weighted by molar-refractivity contribution is 0.101. The number of halogens is 2. The SMILES string of the molecule is CCOCCc1nnc(NC(=O)c2nc3ccc(Cl)cn3c2F)s1. The van der Waals surface area contributed by atoms with Crippen LogP contribution in [0.5, 0.6) is 0 Å². The molecule has 24 heavy (non-hydrogen) atoms. The second-order valence-corrected chi connectivity index (χ2v) is 6.23. The number of nitrogens with one attached hydrogen (secondary N) is 1. The van der Waals surface area contributed by atoms with Crippen LogP contribution in [0.3, 0.4) is 0 Å². The number of pyridine rings is 1. The third kappa shape index (κ3) is 3.53. The van der Waals surface area contributed by atoms with Gasteiger partial charge in [-0.25, -0.2) is 4.98 Å². The molecule has 0 atom stereocenters. The highest BCUT2D eigenvalue weighted by Crippen LogP contribution is 2.19. The van der Waals surface area contributed by atoms with Gasteiger partial charge in [0.1, 0.15) is 10.7 Å². The van der Waals surface area contributed by atoms with Crippen molar-refractivity contribution in [2.45, 2.75) is 13.3 Å². The first-order valence-corrected chi connectivity index (χ1v) is 8.32. The van der Waals surface area contributed by atoms with Gasteiger partial charge in [0.05, 0.1) is 11.6 Å². The van der Waals surface area contributed by atoms with E-state index in [0.717, 1.165) is 9.41 Å². The van der Waals surface area contributed by atoms with Gasteiger partial charge >= 0.3 is 0 Å². The zero-order valence-electron chi connectivity index (χ0n) is 12.6. The summed E-state index contributed by atoms with van der Waals surface area (Å²) in [5, 5.41) is 11.7. The second kappa shape index (κ2) is 7.20. The van der Waals surface area contributed by atoms with Crippen molar-refractivity contribution in [3.63, 3.8) is 0 Å². The highest BCUT2D eigenvalue weighted by molar-refractivity contribution is 7.15. The molecule has 0 aliphatic carbocycles. The van der Waals surface area contributed by atoms with Crippen LogP contribution in [-0.2, 0) is 11.2 Å². The molecule has 0 saturated heterocycles. The lowest BCUT2D eigenvalue weighted by Gasteiger charge is -1.97. The molecule has 3 heterocycles. The molecule has 126 valence electrons. The molecule has 0 aromatic carbocycles. The maximum Gasteiger partial charge on any atom is 0.280 e. The van der Waals surface area contributed by atoms with Crippen LogP contribution in [0, 0.1) is 5.95 Å². The number of hydrogen-bond donors (Lipinski definition) is 1. The Morgan fingerprint density at radius 2 is 2.29 bits per heavy atom. The highest BCUT2D eigenvalue weighted by atomic mass is 35.5. The highest BCUT2D eigenvalue weighted by Gasteiger charge is 2.20. The number of carbonyl (C=O) groups excluding carboxylic acids is 1. The molecule has 0 aliphatic heterocycles. The summed E-state index contributed by atoms with van der Waals surface area (Å²) < 4.78 is 20.7. The van der Waals surface area contributed by atoms with Crippen molar-refractivity contribution < 1.29 is 13.9 Å². The standard InChI is InChI=1S/C14H13ClFN5O2S/c1-2-23-6-5-10-19-20-14(24-10)18-13(22)11-12(16)21-7-8(15)3-4-9(21)17-11/h3-4,7H,2,5-6H2,1H3,(H,18,20,22). The third-order valence-corrected chi connectivity index (χ3v) is 4.21. The second-order valence-electron chi connectivity index (χ2n) is 4.73. The van der Waals surface area contributed by atoms with Crippen LogP contribution in [0.4, 0.5) is 9.52 Å². The van der Waals surface area contributed by atoms with Gasteiger partial charge in [-0.1, -0.05) is 22.9 Å². The van der Waals surface area contributed by atoms with Crippen molar-refractivity contribution in [3.8, 4) is 0 Å². The van der Waals surface area contributed by atoms with E-state index in [0.29, 0.717) is 24.7 Å². The number of nitrogens with zero attached hydrogens (tertiary/aromatic N) is 4. The monoisotopic (exact) mass is 369 g/mol.